The zero-order valence-corrected chi connectivity index (χ0v) is 14.2. The first-order valence-electron chi connectivity index (χ1n) is 9.04. The standard InChI is InChI=1S/C20H23N3O2/c24-19(15-12-21-14-22-13-15)23-11-10-20(25,16-6-2-1-3-7-16)17-8-4-5-9-18(17)23/h1-3,6-7,12-14,17-18,25H,4-5,8-11H2. The van der Waals surface area contributed by atoms with Gasteiger partial charge in [-0.3, -0.25) is 4.79 Å². The Morgan fingerprint density at radius 3 is 2.60 bits per heavy atom. The molecule has 2 aromatic rings. The molecule has 2 heterocycles. The molecule has 3 atom stereocenters. The molecule has 3 unspecified atom stereocenters. The highest BCUT2D eigenvalue weighted by Crippen LogP contribution is 2.47. The molecular formula is C20H23N3O2. The SMILES string of the molecule is O=C(c1cncnc1)N1CCC(O)(c2ccccc2)C2CCCCC21. The van der Waals surface area contributed by atoms with Crippen LogP contribution in [0.1, 0.15) is 48.0 Å². The van der Waals surface area contributed by atoms with Crippen LogP contribution in [0.3, 0.4) is 0 Å². The predicted octanol–water partition coefficient (Wildman–Crippen LogP) is 2.77. The molecule has 2 aliphatic rings. The third-order valence-corrected chi connectivity index (χ3v) is 5.82. The number of amides is 1. The molecule has 1 saturated carbocycles. The second kappa shape index (κ2) is 6.56. The molecule has 0 radical (unpaired) electrons. The van der Waals surface area contributed by atoms with Crippen LogP contribution in [0.4, 0.5) is 0 Å². The van der Waals surface area contributed by atoms with E-state index in [-0.39, 0.29) is 17.9 Å². The maximum Gasteiger partial charge on any atom is 0.257 e. The number of aliphatic hydroxyl groups is 1. The van der Waals surface area contributed by atoms with Crippen molar-refractivity contribution >= 4 is 5.91 Å². The fraction of sp³-hybridized carbons (Fsp3) is 0.450. The molecule has 4 rings (SSSR count). The first kappa shape index (κ1) is 16.2. The molecule has 0 spiro atoms. The maximum absolute atomic E-state index is 13.0. The summed E-state index contributed by atoms with van der Waals surface area (Å²) in [5, 5.41) is 11.5. The molecule has 1 aliphatic heterocycles. The molecule has 1 aliphatic carbocycles. The third kappa shape index (κ3) is 2.82. The molecule has 130 valence electrons. The lowest BCUT2D eigenvalue weighted by Gasteiger charge is -2.52. The van der Waals surface area contributed by atoms with Crippen LogP contribution in [0.15, 0.2) is 49.1 Å². The van der Waals surface area contributed by atoms with Gasteiger partial charge in [0.05, 0.1) is 11.2 Å². The number of nitrogens with zero attached hydrogens (tertiary/aromatic N) is 3. The maximum atomic E-state index is 13.0. The van der Waals surface area contributed by atoms with Gasteiger partial charge in [-0.05, 0) is 24.8 Å². The highest BCUT2D eigenvalue weighted by atomic mass is 16.3. The summed E-state index contributed by atoms with van der Waals surface area (Å²) in [7, 11) is 0. The molecule has 1 aromatic carbocycles. The fourth-order valence-corrected chi connectivity index (χ4v) is 4.60. The number of fused-ring (bicyclic) bond motifs is 1. The largest absolute Gasteiger partial charge is 0.385 e. The van der Waals surface area contributed by atoms with Crippen LogP contribution in [0.5, 0.6) is 0 Å². The Bertz CT molecular complexity index is 737. The third-order valence-electron chi connectivity index (χ3n) is 5.82. The topological polar surface area (TPSA) is 66.3 Å². The van der Waals surface area contributed by atoms with E-state index < -0.39 is 5.60 Å². The highest BCUT2D eigenvalue weighted by molar-refractivity contribution is 5.94. The lowest BCUT2D eigenvalue weighted by atomic mass is 9.66. The van der Waals surface area contributed by atoms with Crippen molar-refractivity contribution in [2.24, 2.45) is 5.92 Å². The fourth-order valence-electron chi connectivity index (χ4n) is 4.60. The van der Waals surface area contributed by atoms with Crippen LogP contribution in [0.25, 0.3) is 0 Å². The molecule has 1 N–H and O–H groups in total. The van der Waals surface area contributed by atoms with Gasteiger partial charge in [-0.1, -0.05) is 43.2 Å². The van der Waals surface area contributed by atoms with Gasteiger partial charge in [-0.2, -0.15) is 0 Å². The summed E-state index contributed by atoms with van der Waals surface area (Å²) >= 11 is 0. The summed E-state index contributed by atoms with van der Waals surface area (Å²) in [4.78, 5) is 22.9. The summed E-state index contributed by atoms with van der Waals surface area (Å²) < 4.78 is 0. The van der Waals surface area contributed by atoms with Crippen molar-refractivity contribution in [2.75, 3.05) is 6.54 Å². The van der Waals surface area contributed by atoms with Gasteiger partial charge < -0.3 is 10.0 Å². The number of rotatable bonds is 2. The second-order valence-electron chi connectivity index (χ2n) is 7.12. The van der Waals surface area contributed by atoms with E-state index in [2.05, 4.69) is 9.97 Å². The number of aromatic nitrogens is 2. The molecule has 0 bridgehead atoms. The van der Waals surface area contributed by atoms with Crippen molar-refractivity contribution in [3.8, 4) is 0 Å². The minimum atomic E-state index is -0.851. The number of benzene rings is 1. The summed E-state index contributed by atoms with van der Waals surface area (Å²) in [6, 6.07) is 10.0. The summed E-state index contributed by atoms with van der Waals surface area (Å²) in [5.41, 5.74) is 0.648. The van der Waals surface area contributed by atoms with Crippen LogP contribution >= 0.6 is 0 Å². The zero-order chi connectivity index (χ0) is 17.3. The van der Waals surface area contributed by atoms with Gasteiger partial charge in [0.25, 0.3) is 5.91 Å². The van der Waals surface area contributed by atoms with E-state index in [1.165, 1.54) is 6.33 Å². The first-order valence-corrected chi connectivity index (χ1v) is 9.04. The summed E-state index contributed by atoms with van der Waals surface area (Å²) in [6.45, 7) is 0.556. The molecular weight excluding hydrogens is 314 g/mol. The number of hydrogen-bond donors (Lipinski definition) is 1. The van der Waals surface area contributed by atoms with Crippen molar-refractivity contribution in [3.63, 3.8) is 0 Å². The Morgan fingerprint density at radius 1 is 1.12 bits per heavy atom. The van der Waals surface area contributed by atoms with Crippen molar-refractivity contribution in [3.05, 3.63) is 60.2 Å². The Kier molecular flexibility index (Phi) is 4.25. The van der Waals surface area contributed by atoms with E-state index in [1.54, 1.807) is 12.4 Å². The van der Waals surface area contributed by atoms with Gasteiger partial charge >= 0.3 is 0 Å². The number of piperidine rings is 1. The smallest absolute Gasteiger partial charge is 0.257 e. The number of carbonyl (C=O) groups excluding carboxylic acids is 1. The lowest BCUT2D eigenvalue weighted by molar-refractivity contribution is -0.110. The van der Waals surface area contributed by atoms with E-state index in [0.717, 1.165) is 31.2 Å². The molecule has 2 fully saturated rings. The average molecular weight is 337 g/mol. The van der Waals surface area contributed by atoms with E-state index in [1.807, 2.05) is 35.2 Å². The Hall–Kier alpha value is -2.27. The van der Waals surface area contributed by atoms with E-state index in [4.69, 9.17) is 0 Å². The van der Waals surface area contributed by atoms with Gasteiger partial charge in [0.2, 0.25) is 0 Å². The van der Waals surface area contributed by atoms with Gasteiger partial charge in [-0.15, -0.1) is 0 Å². The minimum absolute atomic E-state index is 0.0207. The van der Waals surface area contributed by atoms with Crippen molar-refractivity contribution < 1.29 is 9.90 Å². The molecule has 25 heavy (non-hydrogen) atoms. The van der Waals surface area contributed by atoms with Crippen LogP contribution in [0, 0.1) is 5.92 Å². The number of likely N-dealkylation sites (tertiary alicyclic amines) is 1. The summed E-state index contributed by atoms with van der Waals surface area (Å²) in [5.74, 6) is 0.0543. The monoisotopic (exact) mass is 337 g/mol. The van der Waals surface area contributed by atoms with Crippen LogP contribution in [-0.4, -0.2) is 38.5 Å². The normalized spacial score (nSPS) is 29.1. The van der Waals surface area contributed by atoms with Crippen molar-refractivity contribution in [2.45, 2.75) is 43.7 Å². The van der Waals surface area contributed by atoms with Crippen LogP contribution in [0.2, 0.25) is 0 Å². The Labute approximate surface area is 147 Å². The predicted molar refractivity (Wildman–Crippen MR) is 93.8 cm³/mol. The molecule has 5 nitrogen and oxygen atoms in total. The molecule has 1 aromatic heterocycles. The highest BCUT2D eigenvalue weighted by Gasteiger charge is 2.50. The Morgan fingerprint density at radius 2 is 1.84 bits per heavy atom. The second-order valence-corrected chi connectivity index (χ2v) is 7.12. The molecule has 1 saturated heterocycles. The minimum Gasteiger partial charge on any atom is -0.385 e. The number of hydrogen-bond acceptors (Lipinski definition) is 4. The average Bonchev–Trinajstić information content (AvgIpc) is 2.69. The molecule has 1 amide bonds. The van der Waals surface area contributed by atoms with Crippen LogP contribution in [-0.2, 0) is 5.60 Å². The van der Waals surface area contributed by atoms with Gasteiger partial charge in [0, 0.05) is 30.9 Å². The lowest BCUT2D eigenvalue weighted by Crippen LogP contribution is -2.59. The number of carbonyl (C=O) groups is 1. The van der Waals surface area contributed by atoms with Crippen molar-refractivity contribution in [1.29, 1.82) is 0 Å². The van der Waals surface area contributed by atoms with Crippen molar-refractivity contribution in [1.82, 2.24) is 14.9 Å². The van der Waals surface area contributed by atoms with Crippen LogP contribution < -0.4 is 0 Å². The molecule has 5 heteroatoms. The zero-order valence-electron chi connectivity index (χ0n) is 14.2. The van der Waals surface area contributed by atoms with Gasteiger partial charge in [0.15, 0.2) is 0 Å². The Balaban J connectivity index is 1.66. The van der Waals surface area contributed by atoms with Gasteiger partial charge in [0.1, 0.15) is 6.33 Å². The van der Waals surface area contributed by atoms with Gasteiger partial charge in [-0.25, -0.2) is 9.97 Å². The quantitative estimate of drug-likeness (QED) is 0.915. The van der Waals surface area contributed by atoms with E-state index in [9.17, 15) is 9.90 Å². The summed E-state index contributed by atoms with van der Waals surface area (Å²) in [6.07, 6.45) is 9.25. The van der Waals surface area contributed by atoms with E-state index in [0.29, 0.717) is 18.5 Å². The van der Waals surface area contributed by atoms with E-state index >= 15 is 0 Å². The first-order chi connectivity index (χ1) is 12.2.